The van der Waals surface area contributed by atoms with Crippen LogP contribution in [0.2, 0.25) is 0 Å². The number of nitrogens with zero attached hydrogens (tertiary/aromatic N) is 2. The summed E-state index contributed by atoms with van der Waals surface area (Å²) in [5, 5.41) is 13.6. The summed E-state index contributed by atoms with van der Waals surface area (Å²) in [7, 11) is 1.82. The minimum absolute atomic E-state index is 0.0860. The second-order valence-corrected chi connectivity index (χ2v) is 3.63. The van der Waals surface area contributed by atoms with Crippen LogP contribution in [0, 0.1) is 0 Å². The zero-order valence-electron chi connectivity index (χ0n) is 7.65. The highest BCUT2D eigenvalue weighted by molar-refractivity contribution is 7.99. The van der Waals surface area contributed by atoms with E-state index < -0.39 is 5.97 Å². The Kier molecular flexibility index (Phi) is 3.36. The van der Waals surface area contributed by atoms with Crippen molar-refractivity contribution in [3.05, 3.63) is 11.8 Å². The highest BCUT2D eigenvalue weighted by Crippen LogP contribution is 2.18. The normalized spacial score (nSPS) is 10.3. The standard InChI is InChI=1S/C8H12N2O2S/c1-3-6-4-7(10(2)9-6)13-5-8(11)12/h4H,3,5H2,1-2H3,(H,11,12). The van der Waals surface area contributed by atoms with E-state index in [2.05, 4.69) is 5.10 Å². The predicted octanol–water partition coefficient (Wildman–Crippen LogP) is 1.16. The summed E-state index contributed by atoms with van der Waals surface area (Å²) in [4.78, 5) is 10.3. The van der Waals surface area contributed by atoms with Gasteiger partial charge in [0.2, 0.25) is 0 Å². The van der Waals surface area contributed by atoms with Gasteiger partial charge in [-0.25, -0.2) is 0 Å². The van der Waals surface area contributed by atoms with Gasteiger partial charge in [0.05, 0.1) is 16.5 Å². The maximum atomic E-state index is 10.3. The number of aliphatic carboxylic acids is 1. The van der Waals surface area contributed by atoms with Crippen LogP contribution in [-0.2, 0) is 18.3 Å². The molecule has 1 N–H and O–H groups in total. The van der Waals surface area contributed by atoms with E-state index in [9.17, 15) is 4.79 Å². The van der Waals surface area contributed by atoms with Crippen LogP contribution >= 0.6 is 11.8 Å². The van der Waals surface area contributed by atoms with Crippen molar-refractivity contribution in [3.63, 3.8) is 0 Å². The molecule has 0 aliphatic carbocycles. The van der Waals surface area contributed by atoms with Crippen LogP contribution in [0.5, 0.6) is 0 Å². The average Bonchev–Trinajstić information content (AvgIpc) is 2.43. The first-order valence-corrected chi connectivity index (χ1v) is 4.99. The highest BCUT2D eigenvalue weighted by Gasteiger charge is 2.06. The molecule has 4 nitrogen and oxygen atoms in total. The third kappa shape index (κ3) is 2.77. The highest BCUT2D eigenvalue weighted by atomic mass is 32.2. The van der Waals surface area contributed by atoms with E-state index in [-0.39, 0.29) is 5.75 Å². The lowest BCUT2D eigenvalue weighted by atomic mass is 10.3. The lowest BCUT2D eigenvalue weighted by molar-refractivity contribution is -0.133. The van der Waals surface area contributed by atoms with E-state index in [4.69, 9.17) is 5.11 Å². The van der Waals surface area contributed by atoms with Crippen LogP contribution in [0.1, 0.15) is 12.6 Å². The molecule has 0 fully saturated rings. The van der Waals surface area contributed by atoms with E-state index in [0.29, 0.717) is 0 Å². The molecule has 0 aliphatic heterocycles. The molecule has 0 spiro atoms. The lowest BCUT2D eigenvalue weighted by Gasteiger charge is -1.96. The van der Waals surface area contributed by atoms with Gasteiger partial charge in [0, 0.05) is 7.05 Å². The SMILES string of the molecule is CCc1cc(SCC(=O)O)n(C)n1. The van der Waals surface area contributed by atoms with Crippen LogP contribution in [0.25, 0.3) is 0 Å². The minimum atomic E-state index is -0.802. The van der Waals surface area contributed by atoms with Gasteiger partial charge in [-0.2, -0.15) is 5.10 Å². The quantitative estimate of drug-likeness (QED) is 0.741. The molecule has 72 valence electrons. The Hall–Kier alpha value is -0.970. The molecule has 5 heteroatoms. The molecule has 13 heavy (non-hydrogen) atoms. The Labute approximate surface area is 80.9 Å². The van der Waals surface area contributed by atoms with Crippen LogP contribution < -0.4 is 0 Å². The molecule has 0 aliphatic rings. The first-order chi connectivity index (χ1) is 6.13. The van der Waals surface area contributed by atoms with Crippen molar-refractivity contribution < 1.29 is 9.90 Å². The van der Waals surface area contributed by atoms with Gasteiger partial charge in [-0.3, -0.25) is 9.48 Å². The number of rotatable bonds is 4. The number of carboxylic acid groups (broad SMARTS) is 1. The molecular formula is C8H12N2O2S. The maximum Gasteiger partial charge on any atom is 0.313 e. The predicted molar refractivity (Wildman–Crippen MR) is 50.9 cm³/mol. The molecular weight excluding hydrogens is 188 g/mol. The number of hydrogen-bond acceptors (Lipinski definition) is 3. The summed E-state index contributed by atoms with van der Waals surface area (Å²) in [5.41, 5.74) is 0.996. The van der Waals surface area contributed by atoms with Gasteiger partial charge < -0.3 is 5.11 Å². The molecule has 1 aromatic rings. The van der Waals surface area contributed by atoms with Crippen LogP contribution in [-0.4, -0.2) is 26.6 Å². The van der Waals surface area contributed by atoms with Crippen molar-refractivity contribution >= 4 is 17.7 Å². The summed E-state index contributed by atoms with van der Waals surface area (Å²) in [6, 6.07) is 1.92. The third-order valence-corrected chi connectivity index (χ3v) is 2.66. The first kappa shape index (κ1) is 10.1. The van der Waals surface area contributed by atoms with Crippen molar-refractivity contribution in [2.45, 2.75) is 18.4 Å². The zero-order chi connectivity index (χ0) is 9.84. The number of aromatic nitrogens is 2. The van der Waals surface area contributed by atoms with Crippen LogP contribution in [0.3, 0.4) is 0 Å². The molecule has 0 saturated carbocycles. The number of thioether (sulfide) groups is 1. The summed E-state index contributed by atoms with van der Waals surface area (Å²) < 4.78 is 1.71. The molecule has 0 saturated heterocycles. The fourth-order valence-corrected chi connectivity index (χ4v) is 1.67. The molecule has 0 unspecified atom stereocenters. The van der Waals surface area contributed by atoms with Gasteiger partial charge in [0.25, 0.3) is 0 Å². The van der Waals surface area contributed by atoms with Gasteiger partial charge in [-0.05, 0) is 12.5 Å². The molecule has 1 heterocycles. The fourth-order valence-electron chi connectivity index (χ4n) is 0.950. The van der Waals surface area contributed by atoms with Crippen LogP contribution in [0.4, 0.5) is 0 Å². The van der Waals surface area contributed by atoms with E-state index in [0.717, 1.165) is 17.1 Å². The molecule has 0 radical (unpaired) electrons. The molecule has 1 rings (SSSR count). The van der Waals surface area contributed by atoms with Crippen LogP contribution in [0.15, 0.2) is 11.1 Å². The van der Waals surface area contributed by atoms with E-state index in [1.54, 1.807) is 4.68 Å². The Bertz CT molecular complexity index is 309. The van der Waals surface area contributed by atoms with Gasteiger partial charge in [0.15, 0.2) is 0 Å². The number of carbonyl (C=O) groups is 1. The van der Waals surface area contributed by atoms with Gasteiger partial charge in [-0.15, -0.1) is 0 Å². The van der Waals surface area contributed by atoms with Gasteiger partial charge in [0.1, 0.15) is 0 Å². The number of aryl methyl sites for hydroxylation is 2. The Morgan fingerprint density at radius 3 is 2.92 bits per heavy atom. The molecule has 0 amide bonds. The summed E-state index contributed by atoms with van der Waals surface area (Å²) in [6.45, 7) is 2.02. The topological polar surface area (TPSA) is 55.1 Å². The minimum Gasteiger partial charge on any atom is -0.481 e. The van der Waals surface area contributed by atoms with Gasteiger partial charge >= 0.3 is 5.97 Å². The Morgan fingerprint density at radius 2 is 2.46 bits per heavy atom. The Balaban J connectivity index is 2.65. The van der Waals surface area contributed by atoms with Gasteiger partial charge in [-0.1, -0.05) is 18.7 Å². The van der Waals surface area contributed by atoms with E-state index >= 15 is 0 Å². The van der Waals surface area contributed by atoms with Crippen molar-refractivity contribution in [2.24, 2.45) is 7.05 Å². The summed E-state index contributed by atoms with van der Waals surface area (Å²) in [6.07, 6.45) is 0.876. The number of carboxylic acids is 1. The second-order valence-electron chi connectivity index (χ2n) is 2.63. The molecule has 1 aromatic heterocycles. The summed E-state index contributed by atoms with van der Waals surface area (Å²) >= 11 is 1.29. The fraction of sp³-hybridized carbons (Fsp3) is 0.500. The maximum absolute atomic E-state index is 10.3. The van der Waals surface area contributed by atoms with E-state index in [1.165, 1.54) is 11.8 Å². The molecule has 0 atom stereocenters. The first-order valence-electron chi connectivity index (χ1n) is 4.01. The van der Waals surface area contributed by atoms with E-state index in [1.807, 2.05) is 20.0 Å². The van der Waals surface area contributed by atoms with Crippen molar-refractivity contribution in [2.75, 3.05) is 5.75 Å². The Morgan fingerprint density at radius 1 is 1.77 bits per heavy atom. The molecule has 0 aromatic carbocycles. The largest absolute Gasteiger partial charge is 0.481 e. The van der Waals surface area contributed by atoms with Crippen molar-refractivity contribution in [1.82, 2.24) is 9.78 Å². The smallest absolute Gasteiger partial charge is 0.313 e. The average molecular weight is 200 g/mol. The van der Waals surface area contributed by atoms with Crippen molar-refractivity contribution in [3.8, 4) is 0 Å². The lowest BCUT2D eigenvalue weighted by Crippen LogP contribution is -2.00. The number of hydrogen-bond donors (Lipinski definition) is 1. The zero-order valence-corrected chi connectivity index (χ0v) is 8.47. The van der Waals surface area contributed by atoms with Crippen molar-refractivity contribution in [1.29, 1.82) is 0 Å². The third-order valence-electron chi connectivity index (χ3n) is 1.59. The summed E-state index contributed by atoms with van der Waals surface area (Å²) in [5.74, 6) is -0.716. The monoisotopic (exact) mass is 200 g/mol. The molecule has 0 bridgehead atoms. The second kappa shape index (κ2) is 4.32.